The maximum absolute atomic E-state index is 12.6. The Labute approximate surface area is 160 Å². The zero-order chi connectivity index (χ0) is 20.2. The van der Waals surface area contributed by atoms with Gasteiger partial charge in [0.25, 0.3) is 5.91 Å². The Morgan fingerprint density at radius 3 is 2.44 bits per heavy atom. The molecule has 146 valence electrons. The largest absolute Gasteiger partial charge is 0.506 e. The number of phenols is 1. The van der Waals surface area contributed by atoms with Crippen molar-refractivity contribution in [1.82, 2.24) is 0 Å². The predicted octanol–water partition coefficient (Wildman–Crippen LogP) is 4.09. The summed E-state index contributed by atoms with van der Waals surface area (Å²) < 4.78 is 26.3. The molecule has 0 spiro atoms. The van der Waals surface area contributed by atoms with Crippen molar-refractivity contribution in [2.24, 2.45) is 0 Å². The van der Waals surface area contributed by atoms with E-state index in [1.165, 1.54) is 6.07 Å². The highest BCUT2D eigenvalue weighted by Gasteiger charge is 2.17. The average Bonchev–Trinajstić information content (AvgIpc) is 2.55. The van der Waals surface area contributed by atoms with E-state index in [1.54, 1.807) is 37.3 Å². The SMILES string of the molecule is CCCS(=O)(=O)Nc1cccc(C(=O)Nc2cc(C(C)(C)C)ccc2O)c1. The molecule has 2 aromatic rings. The van der Waals surface area contributed by atoms with E-state index in [1.807, 2.05) is 26.8 Å². The molecule has 2 aromatic carbocycles. The lowest BCUT2D eigenvalue weighted by atomic mass is 9.87. The van der Waals surface area contributed by atoms with Crippen LogP contribution in [0.2, 0.25) is 0 Å². The Balaban J connectivity index is 2.23. The number of carbonyl (C=O) groups is 1. The summed E-state index contributed by atoms with van der Waals surface area (Å²) in [5, 5.41) is 12.7. The van der Waals surface area contributed by atoms with Gasteiger partial charge in [0.2, 0.25) is 10.0 Å². The van der Waals surface area contributed by atoms with E-state index in [2.05, 4.69) is 10.0 Å². The molecule has 3 N–H and O–H groups in total. The third-order valence-corrected chi connectivity index (χ3v) is 5.47. The first-order valence-corrected chi connectivity index (χ1v) is 10.4. The van der Waals surface area contributed by atoms with Crippen LogP contribution < -0.4 is 10.0 Å². The molecule has 0 aliphatic carbocycles. The first kappa shape index (κ1) is 20.8. The van der Waals surface area contributed by atoms with Gasteiger partial charge >= 0.3 is 0 Å². The summed E-state index contributed by atoms with van der Waals surface area (Å²) in [7, 11) is -3.44. The quantitative estimate of drug-likeness (QED) is 0.647. The van der Waals surface area contributed by atoms with Gasteiger partial charge < -0.3 is 10.4 Å². The third kappa shape index (κ3) is 5.72. The number of sulfonamides is 1. The Morgan fingerprint density at radius 1 is 1.11 bits per heavy atom. The van der Waals surface area contributed by atoms with E-state index < -0.39 is 15.9 Å². The fourth-order valence-corrected chi connectivity index (χ4v) is 3.65. The number of anilines is 2. The van der Waals surface area contributed by atoms with Crippen LogP contribution in [0.1, 0.15) is 50.0 Å². The van der Waals surface area contributed by atoms with Crippen LogP contribution in [0.25, 0.3) is 0 Å². The molecule has 0 bridgehead atoms. The minimum Gasteiger partial charge on any atom is -0.506 e. The van der Waals surface area contributed by atoms with Crippen molar-refractivity contribution in [3.05, 3.63) is 53.6 Å². The average molecular weight is 391 g/mol. The van der Waals surface area contributed by atoms with E-state index in [4.69, 9.17) is 0 Å². The lowest BCUT2D eigenvalue weighted by molar-refractivity contribution is 0.102. The number of nitrogens with one attached hydrogen (secondary N) is 2. The van der Waals surface area contributed by atoms with Crippen LogP contribution in [0.15, 0.2) is 42.5 Å². The highest BCUT2D eigenvalue weighted by atomic mass is 32.2. The van der Waals surface area contributed by atoms with Crippen LogP contribution in [-0.2, 0) is 15.4 Å². The first-order chi connectivity index (χ1) is 12.5. The molecule has 0 heterocycles. The second kappa shape index (κ2) is 8.00. The van der Waals surface area contributed by atoms with E-state index in [0.717, 1.165) is 5.56 Å². The molecular weight excluding hydrogens is 364 g/mol. The van der Waals surface area contributed by atoms with E-state index in [0.29, 0.717) is 17.8 Å². The van der Waals surface area contributed by atoms with Crippen LogP contribution in [0.3, 0.4) is 0 Å². The van der Waals surface area contributed by atoms with Gasteiger partial charge in [-0.2, -0.15) is 0 Å². The molecule has 0 saturated heterocycles. The minimum absolute atomic E-state index is 0.0108. The molecule has 7 heteroatoms. The van der Waals surface area contributed by atoms with Crippen molar-refractivity contribution in [3.63, 3.8) is 0 Å². The summed E-state index contributed by atoms with van der Waals surface area (Å²) >= 11 is 0. The number of hydrogen-bond acceptors (Lipinski definition) is 4. The molecular formula is C20H26N2O4S. The lowest BCUT2D eigenvalue weighted by Crippen LogP contribution is -2.17. The van der Waals surface area contributed by atoms with Gasteiger partial charge in [-0.1, -0.05) is 39.8 Å². The summed E-state index contributed by atoms with van der Waals surface area (Å²) in [5.74, 6) is -0.458. The Morgan fingerprint density at radius 2 is 1.81 bits per heavy atom. The fourth-order valence-electron chi connectivity index (χ4n) is 2.52. The van der Waals surface area contributed by atoms with Gasteiger partial charge in [0.1, 0.15) is 5.75 Å². The number of phenolic OH excluding ortho intramolecular Hbond substituents is 1. The normalized spacial score (nSPS) is 11.9. The summed E-state index contributed by atoms with van der Waals surface area (Å²) in [6.45, 7) is 7.89. The zero-order valence-electron chi connectivity index (χ0n) is 16.0. The van der Waals surface area contributed by atoms with E-state index in [-0.39, 0.29) is 22.5 Å². The Bertz CT molecular complexity index is 931. The van der Waals surface area contributed by atoms with Crippen molar-refractivity contribution < 1.29 is 18.3 Å². The number of benzene rings is 2. The van der Waals surface area contributed by atoms with Gasteiger partial charge in [0, 0.05) is 11.3 Å². The molecule has 0 saturated carbocycles. The number of carbonyl (C=O) groups excluding carboxylic acids is 1. The summed E-state index contributed by atoms with van der Waals surface area (Å²) in [4.78, 5) is 12.6. The summed E-state index contributed by atoms with van der Waals surface area (Å²) in [5.41, 5.74) is 1.75. The molecule has 0 aromatic heterocycles. The van der Waals surface area contributed by atoms with Crippen LogP contribution in [-0.4, -0.2) is 25.2 Å². The molecule has 27 heavy (non-hydrogen) atoms. The van der Waals surface area contributed by atoms with Crippen molar-refractivity contribution in [3.8, 4) is 5.75 Å². The highest BCUT2D eigenvalue weighted by molar-refractivity contribution is 7.92. The number of rotatable bonds is 6. The van der Waals surface area contributed by atoms with Crippen molar-refractivity contribution >= 4 is 27.3 Å². The Hall–Kier alpha value is -2.54. The Kier molecular flexibility index (Phi) is 6.15. The third-order valence-electron chi connectivity index (χ3n) is 3.98. The molecule has 0 atom stereocenters. The predicted molar refractivity (Wildman–Crippen MR) is 109 cm³/mol. The molecule has 0 unspecified atom stereocenters. The number of hydrogen-bond donors (Lipinski definition) is 3. The molecule has 0 aliphatic rings. The molecule has 0 fully saturated rings. The van der Waals surface area contributed by atoms with Gasteiger partial charge in [-0.25, -0.2) is 8.42 Å². The standard InChI is InChI=1S/C20H26N2O4S/c1-5-11-27(25,26)22-16-8-6-7-14(12-16)19(24)21-17-13-15(20(2,3)4)9-10-18(17)23/h6-10,12-13,22-23H,5,11H2,1-4H3,(H,21,24). The molecule has 6 nitrogen and oxygen atoms in total. The molecule has 1 amide bonds. The zero-order valence-corrected chi connectivity index (χ0v) is 16.9. The first-order valence-electron chi connectivity index (χ1n) is 8.77. The van der Waals surface area contributed by atoms with Crippen molar-refractivity contribution in [1.29, 1.82) is 0 Å². The highest BCUT2D eigenvalue weighted by Crippen LogP contribution is 2.31. The summed E-state index contributed by atoms with van der Waals surface area (Å²) in [6, 6.07) is 11.3. The maximum atomic E-state index is 12.6. The van der Waals surface area contributed by atoms with Crippen LogP contribution in [0.4, 0.5) is 11.4 Å². The van der Waals surface area contributed by atoms with Gasteiger partial charge in [0.05, 0.1) is 11.4 Å². The van der Waals surface area contributed by atoms with Gasteiger partial charge in [-0.15, -0.1) is 0 Å². The topological polar surface area (TPSA) is 95.5 Å². The van der Waals surface area contributed by atoms with Crippen LogP contribution >= 0.6 is 0 Å². The van der Waals surface area contributed by atoms with Crippen molar-refractivity contribution in [2.75, 3.05) is 15.8 Å². The fraction of sp³-hybridized carbons (Fsp3) is 0.350. The molecule has 0 radical (unpaired) electrons. The minimum atomic E-state index is -3.44. The summed E-state index contributed by atoms with van der Waals surface area (Å²) in [6.07, 6.45) is 0.499. The molecule has 2 rings (SSSR count). The van der Waals surface area contributed by atoms with Crippen LogP contribution in [0, 0.1) is 0 Å². The number of aromatic hydroxyl groups is 1. The lowest BCUT2D eigenvalue weighted by Gasteiger charge is -2.20. The van der Waals surface area contributed by atoms with E-state index in [9.17, 15) is 18.3 Å². The number of amides is 1. The van der Waals surface area contributed by atoms with Gasteiger partial charge in [0.15, 0.2) is 0 Å². The van der Waals surface area contributed by atoms with Gasteiger partial charge in [-0.05, 0) is 47.7 Å². The van der Waals surface area contributed by atoms with E-state index >= 15 is 0 Å². The smallest absolute Gasteiger partial charge is 0.255 e. The van der Waals surface area contributed by atoms with Gasteiger partial charge in [-0.3, -0.25) is 9.52 Å². The second-order valence-electron chi connectivity index (χ2n) is 7.44. The maximum Gasteiger partial charge on any atom is 0.255 e. The second-order valence-corrected chi connectivity index (χ2v) is 9.28. The van der Waals surface area contributed by atoms with Crippen molar-refractivity contribution in [2.45, 2.75) is 39.5 Å². The molecule has 0 aliphatic heterocycles. The van der Waals surface area contributed by atoms with Crippen LogP contribution in [0.5, 0.6) is 5.75 Å². The monoisotopic (exact) mass is 390 g/mol.